The summed E-state index contributed by atoms with van der Waals surface area (Å²) in [5.41, 5.74) is -1.21. The van der Waals surface area contributed by atoms with Gasteiger partial charge in [-0.1, -0.05) is 0 Å². The Balaban J connectivity index is 3.43. The van der Waals surface area contributed by atoms with Gasteiger partial charge in [-0.25, -0.2) is 9.18 Å². The lowest BCUT2D eigenvalue weighted by molar-refractivity contribution is -0.0507. The van der Waals surface area contributed by atoms with Gasteiger partial charge in [0.2, 0.25) is 0 Å². The average molecular weight is 245 g/mol. The maximum atomic E-state index is 13.3. The van der Waals surface area contributed by atoms with Crippen LogP contribution >= 0.6 is 0 Å². The van der Waals surface area contributed by atoms with Crippen molar-refractivity contribution in [3.8, 4) is 11.8 Å². The second-order valence-electron chi connectivity index (χ2n) is 2.78. The fourth-order valence-corrected chi connectivity index (χ4v) is 1.15. The monoisotopic (exact) mass is 245 g/mol. The van der Waals surface area contributed by atoms with Crippen LogP contribution in [-0.2, 0) is 4.74 Å². The first-order chi connectivity index (χ1) is 8.01. The number of nitriles is 1. The van der Waals surface area contributed by atoms with Gasteiger partial charge in [0.25, 0.3) is 0 Å². The molecule has 0 amide bonds. The predicted octanol–water partition coefficient (Wildman–Crippen LogP) is 2.09. The van der Waals surface area contributed by atoms with E-state index in [-0.39, 0.29) is 5.56 Å². The number of carbonyl (C=O) groups excluding carboxylic acids is 1. The Bertz CT molecular complexity index is 482. The van der Waals surface area contributed by atoms with E-state index in [1.54, 1.807) is 0 Å². The van der Waals surface area contributed by atoms with Gasteiger partial charge in [-0.15, -0.1) is 0 Å². The van der Waals surface area contributed by atoms with Crippen molar-refractivity contribution in [2.24, 2.45) is 0 Å². The van der Waals surface area contributed by atoms with Gasteiger partial charge in [-0.05, 0) is 12.1 Å². The van der Waals surface area contributed by atoms with Crippen LogP contribution in [0.1, 0.15) is 15.9 Å². The quantitative estimate of drug-likeness (QED) is 0.765. The van der Waals surface area contributed by atoms with E-state index in [0.29, 0.717) is 0 Å². The molecule has 0 radical (unpaired) electrons. The van der Waals surface area contributed by atoms with Crippen LogP contribution in [0.5, 0.6) is 5.75 Å². The Morgan fingerprint density at radius 1 is 1.47 bits per heavy atom. The molecule has 0 aliphatic rings. The molecule has 1 aromatic carbocycles. The van der Waals surface area contributed by atoms with Crippen LogP contribution in [0.4, 0.5) is 13.2 Å². The highest BCUT2D eigenvalue weighted by Crippen LogP contribution is 2.28. The van der Waals surface area contributed by atoms with Crippen molar-refractivity contribution in [2.75, 3.05) is 7.11 Å². The number of hydrogen-bond acceptors (Lipinski definition) is 4. The molecule has 0 aliphatic carbocycles. The lowest BCUT2D eigenvalue weighted by Gasteiger charge is -2.11. The summed E-state index contributed by atoms with van der Waals surface area (Å²) in [6.07, 6.45) is 0. The van der Waals surface area contributed by atoms with Gasteiger partial charge in [0, 0.05) is 0 Å². The number of benzene rings is 1. The summed E-state index contributed by atoms with van der Waals surface area (Å²) >= 11 is 0. The highest BCUT2D eigenvalue weighted by molar-refractivity contribution is 5.93. The smallest absolute Gasteiger partial charge is 0.387 e. The standard InChI is InChI=1S/C10H6F3NO3/c1-16-9(15)7-6(11)3-2-5(4-14)8(7)17-10(12)13/h2-3,10H,1H3. The molecule has 0 spiro atoms. The molecule has 0 bridgehead atoms. The number of hydrogen-bond donors (Lipinski definition) is 0. The highest BCUT2D eigenvalue weighted by atomic mass is 19.3. The van der Waals surface area contributed by atoms with Gasteiger partial charge in [-0.3, -0.25) is 0 Å². The first-order valence-corrected chi connectivity index (χ1v) is 4.27. The molecule has 0 heterocycles. The van der Waals surface area contributed by atoms with E-state index in [9.17, 15) is 18.0 Å². The van der Waals surface area contributed by atoms with E-state index in [4.69, 9.17) is 5.26 Å². The summed E-state index contributed by atoms with van der Waals surface area (Å²) in [4.78, 5) is 11.2. The normalized spacial score (nSPS) is 9.88. The van der Waals surface area contributed by atoms with Crippen LogP contribution in [0.25, 0.3) is 0 Å². The van der Waals surface area contributed by atoms with Crippen molar-refractivity contribution in [1.29, 1.82) is 5.26 Å². The van der Waals surface area contributed by atoms with E-state index in [2.05, 4.69) is 9.47 Å². The minimum atomic E-state index is -3.28. The number of carbonyl (C=O) groups is 1. The predicted molar refractivity (Wildman–Crippen MR) is 49.1 cm³/mol. The summed E-state index contributed by atoms with van der Waals surface area (Å²) in [7, 11) is 0.951. The first kappa shape index (κ1) is 12.8. The lowest BCUT2D eigenvalue weighted by Crippen LogP contribution is -2.12. The van der Waals surface area contributed by atoms with Gasteiger partial charge in [0.15, 0.2) is 5.75 Å². The molecular formula is C10H6F3NO3. The largest absolute Gasteiger partial charge is 0.465 e. The van der Waals surface area contributed by atoms with Gasteiger partial charge >= 0.3 is 12.6 Å². The second kappa shape index (κ2) is 5.21. The number of halogens is 3. The summed E-state index contributed by atoms with van der Waals surface area (Å²) in [6, 6.07) is 3.24. The maximum Gasteiger partial charge on any atom is 0.387 e. The number of rotatable bonds is 3. The van der Waals surface area contributed by atoms with Crippen molar-refractivity contribution in [1.82, 2.24) is 0 Å². The number of ether oxygens (including phenoxy) is 2. The van der Waals surface area contributed by atoms with Crippen LogP contribution in [0.2, 0.25) is 0 Å². The summed E-state index contributed by atoms with van der Waals surface area (Å²) < 4.78 is 45.7. The zero-order valence-electron chi connectivity index (χ0n) is 8.54. The van der Waals surface area contributed by atoms with Crippen LogP contribution in [0, 0.1) is 17.1 Å². The SMILES string of the molecule is COC(=O)c1c(F)ccc(C#N)c1OC(F)F. The Hall–Kier alpha value is -2.23. The molecule has 7 heteroatoms. The number of alkyl halides is 2. The van der Waals surface area contributed by atoms with E-state index < -0.39 is 29.7 Å². The third-order valence-electron chi connectivity index (χ3n) is 1.82. The molecule has 4 nitrogen and oxygen atoms in total. The fraction of sp³-hybridized carbons (Fsp3) is 0.200. The first-order valence-electron chi connectivity index (χ1n) is 4.27. The third kappa shape index (κ3) is 2.66. The number of esters is 1. The van der Waals surface area contributed by atoms with Crippen molar-refractivity contribution < 1.29 is 27.4 Å². The molecule has 1 aromatic rings. The van der Waals surface area contributed by atoms with Crippen LogP contribution < -0.4 is 4.74 Å². The van der Waals surface area contributed by atoms with Crippen molar-refractivity contribution >= 4 is 5.97 Å². The van der Waals surface area contributed by atoms with Crippen LogP contribution in [0.15, 0.2) is 12.1 Å². The minimum Gasteiger partial charge on any atom is -0.465 e. The molecule has 0 aromatic heterocycles. The molecule has 90 valence electrons. The molecule has 0 atom stereocenters. The topological polar surface area (TPSA) is 59.3 Å². The molecule has 1 rings (SSSR count). The molecule has 0 saturated heterocycles. The molecular weight excluding hydrogens is 239 g/mol. The Labute approximate surface area is 94.2 Å². The van der Waals surface area contributed by atoms with Gasteiger partial charge in [0.05, 0.1) is 12.7 Å². The Morgan fingerprint density at radius 2 is 2.12 bits per heavy atom. The van der Waals surface area contributed by atoms with Crippen LogP contribution in [-0.4, -0.2) is 19.7 Å². The molecule has 0 unspecified atom stereocenters. The van der Waals surface area contributed by atoms with E-state index in [0.717, 1.165) is 19.2 Å². The number of methoxy groups -OCH3 is 1. The molecule has 0 fully saturated rings. The average Bonchev–Trinajstić information content (AvgIpc) is 2.28. The van der Waals surface area contributed by atoms with Crippen molar-refractivity contribution in [3.05, 3.63) is 29.1 Å². The summed E-state index contributed by atoms with van der Waals surface area (Å²) in [5, 5.41) is 8.65. The van der Waals surface area contributed by atoms with Crippen molar-refractivity contribution in [3.63, 3.8) is 0 Å². The third-order valence-corrected chi connectivity index (χ3v) is 1.82. The van der Waals surface area contributed by atoms with E-state index in [1.807, 2.05) is 0 Å². The highest BCUT2D eigenvalue weighted by Gasteiger charge is 2.24. The minimum absolute atomic E-state index is 0.382. The van der Waals surface area contributed by atoms with E-state index in [1.165, 1.54) is 6.07 Å². The molecule has 0 saturated carbocycles. The maximum absolute atomic E-state index is 13.3. The van der Waals surface area contributed by atoms with Crippen LogP contribution in [0.3, 0.4) is 0 Å². The zero-order chi connectivity index (χ0) is 13.0. The Morgan fingerprint density at radius 3 is 2.59 bits per heavy atom. The number of nitrogens with zero attached hydrogens (tertiary/aromatic N) is 1. The Kier molecular flexibility index (Phi) is 3.93. The van der Waals surface area contributed by atoms with Gasteiger partial charge < -0.3 is 9.47 Å². The molecule has 17 heavy (non-hydrogen) atoms. The molecule has 0 N–H and O–H groups in total. The summed E-state index contributed by atoms with van der Waals surface area (Å²) in [6.45, 7) is -3.28. The van der Waals surface area contributed by atoms with E-state index >= 15 is 0 Å². The van der Waals surface area contributed by atoms with Gasteiger partial charge in [0.1, 0.15) is 17.4 Å². The van der Waals surface area contributed by atoms with Gasteiger partial charge in [-0.2, -0.15) is 14.0 Å². The molecule has 0 aliphatic heterocycles. The fourth-order valence-electron chi connectivity index (χ4n) is 1.15. The second-order valence-corrected chi connectivity index (χ2v) is 2.78. The zero-order valence-corrected chi connectivity index (χ0v) is 8.54. The summed E-state index contributed by atoms with van der Waals surface area (Å²) in [5.74, 6) is -3.13. The lowest BCUT2D eigenvalue weighted by atomic mass is 10.1. The van der Waals surface area contributed by atoms with Crippen molar-refractivity contribution in [2.45, 2.75) is 6.61 Å².